The monoisotopic (exact) mass is 238 g/mol. The first-order valence-electron chi connectivity index (χ1n) is 5.98. The fourth-order valence-electron chi connectivity index (χ4n) is 2.11. The lowest BCUT2D eigenvalue weighted by atomic mass is 10.3. The van der Waals surface area contributed by atoms with Gasteiger partial charge in [0, 0.05) is 12.6 Å². The highest BCUT2D eigenvalue weighted by molar-refractivity contribution is 5.77. The molecule has 0 saturated heterocycles. The van der Waals surface area contributed by atoms with Gasteiger partial charge in [-0.3, -0.25) is 4.57 Å². The first-order chi connectivity index (χ1) is 8.90. The molecule has 18 heavy (non-hydrogen) atoms. The van der Waals surface area contributed by atoms with E-state index < -0.39 is 0 Å². The number of benzene rings is 1. The van der Waals surface area contributed by atoms with Crippen molar-refractivity contribution in [2.24, 2.45) is 5.73 Å². The second kappa shape index (κ2) is 4.58. The van der Waals surface area contributed by atoms with Gasteiger partial charge in [-0.2, -0.15) is 0 Å². The van der Waals surface area contributed by atoms with Gasteiger partial charge in [0.15, 0.2) is 0 Å². The van der Waals surface area contributed by atoms with Crippen LogP contribution in [0.1, 0.15) is 5.82 Å². The Hall–Kier alpha value is -2.20. The van der Waals surface area contributed by atoms with Crippen molar-refractivity contribution in [3.8, 4) is 5.82 Å². The summed E-state index contributed by atoms with van der Waals surface area (Å²) >= 11 is 0. The molecule has 2 N–H and O–H groups in total. The summed E-state index contributed by atoms with van der Waals surface area (Å²) in [6, 6.07) is 13.9. The van der Waals surface area contributed by atoms with Crippen LogP contribution in [-0.2, 0) is 6.42 Å². The average molecular weight is 238 g/mol. The summed E-state index contributed by atoms with van der Waals surface area (Å²) in [4.78, 5) is 9.02. The van der Waals surface area contributed by atoms with Gasteiger partial charge < -0.3 is 5.73 Å². The van der Waals surface area contributed by atoms with Gasteiger partial charge in [-0.05, 0) is 30.8 Å². The normalized spacial score (nSPS) is 10.9. The second-order valence-corrected chi connectivity index (χ2v) is 4.08. The molecule has 0 fully saturated rings. The minimum Gasteiger partial charge on any atom is -0.330 e. The highest BCUT2D eigenvalue weighted by atomic mass is 15.1. The van der Waals surface area contributed by atoms with Crippen LogP contribution in [0.4, 0.5) is 0 Å². The maximum atomic E-state index is 5.66. The molecule has 0 bridgehead atoms. The Balaban J connectivity index is 2.28. The third kappa shape index (κ3) is 1.76. The Kier molecular flexibility index (Phi) is 2.78. The van der Waals surface area contributed by atoms with Crippen LogP contribution >= 0.6 is 0 Å². The number of pyridine rings is 1. The van der Waals surface area contributed by atoms with E-state index >= 15 is 0 Å². The molecule has 0 aliphatic rings. The summed E-state index contributed by atoms with van der Waals surface area (Å²) in [5.74, 6) is 1.84. The van der Waals surface area contributed by atoms with E-state index in [-0.39, 0.29) is 0 Å². The minimum atomic E-state index is 0.580. The zero-order valence-electron chi connectivity index (χ0n) is 9.95. The first-order valence-corrected chi connectivity index (χ1v) is 5.98. The summed E-state index contributed by atoms with van der Waals surface area (Å²) in [5, 5.41) is 0. The molecule has 4 nitrogen and oxygen atoms in total. The van der Waals surface area contributed by atoms with E-state index in [2.05, 4.69) is 20.6 Å². The molecule has 0 aliphatic heterocycles. The van der Waals surface area contributed by atoms with Crippen LogP contribution < -0.4 is 5.73 Å². The molecule has 0 saturated carbocycles. The highest BCUT2D eigenvalue weighted by Gasteiger charge is 2.11. The van der Waals surface area contributed by atoms with Crippen LogP contribution in [0.3, 0.4) is 0 Å². The van der Waals surface area contributed by atoms with Crippen molar-refractivity contribution in [1.82, 2.24) is 14.5 Å². The van der Waals surface area contributed by atoms with Crippen molar-refractivity contribution < 1.29 is 0 Å². The van der Waals surface area contributed by atoms with Gasteiger partial charge in [0.1, 0.15) is 11.6 Å². The molecule has 0 spiro atoms. The number of hydrogen-bond acceptors (Lipinski definition) is 3. The summed E-state index contributed by atoms with van der Waals surface area (Å²) in [6.45, 7) is 0.580. The molecule has 4 heteroatoms. The lowest BCUT2D eigenvalue weighted by Crippen LogP contribution is -2.09. The number of hydrogen-bond donors (Lipinski definition) is 1. The fourth-order valence-corrected chi connectivity index (χ4v) is 2.11. The van der Waals surface area contributed by atoms with E-state index in [1.807, 2.05) is 36.4 Å². The van der Waals surface area contributed by atoms with E-state index in [1.54, 1.807) is 6.20 Å². The van der Waals surface area contributed by atoms with Gasteiger partial charge >= 0.3 is 0 Å². The minimum absolute atomic E-state index is 0.580. The number of para-hydroxylation sites is 2. The van der Waals surface area contributed by atoms with Crippen LogP contribution in [0.15, 0.2) is 48.7 Å². The van der Waals surface area contributed by atoms with Crippen LogP contribution in [0.2, 0.25) is 0 Å². The molecule has 90 valence electrons. The van der Waals surface area contributed by atoms with Crippen LogP contribution in [0.5, 0.6) is 0 Å². The van der Waals surface area contributed by atoms with Gasteiger partial charge in [-0.15, -0.1) is 0 Å². The van der Waals surface area contributed by atoms with Gasteiger partial charge in [-0.1, -0.05) is 18.2 Å². The number of rotatable bonds is 3. The summed E-state index contributed by atoms with van der Waals surface area (Å²) < 4.78 is 2.07. The number of nitrogens with two attached hydrogens (primary N) is 1. The summed E-state index contributed by atoms with van der Waals surface area (Å²) in [6.07, 6.45) is 2.53. The van der Waals surface area contributed by atoms with Gasteiger partial charge in [-0.25, -0.2) is 9.97 Å². The average Bonchev–Trinajstić information content (AvgIpc) is 2.78. The molecular weight excluding hydrogens is 224 g/mol. The predicted octanol–water partition coefficient (Wildman–Crippen LogP) is 1.92. The van der Waals surface area contributed by atoms with Crippen molar-refractivity contribution >= 4 is 11.0 Å². The molecule has 2 heterocycles. The van der Waals surface area contributed by atoms with E-state index in [9.17, 15) is 0 Å². The van der Waals surface area contributed by atoms with Crippen molar-refractivity contribution in [2.75, 3.05) is 6.54 Å². The third-order valence-corrected chi connectivity index (χ3v) is 2.88. The van der Waals surface area contributed by atoms with Crippen LogP contribution in [-0.4, -0.2) is 21.1 Å². The molecule has 1 aromatic carbocycles. The topological polar surface area (TPSA) is 56.7 Å². The lowest BCUT2D eigenvalue weighted by Gasteiger charge is -2.06. The number of aromatic nitrogens is 3. The van der Waals surface area contributed by atoms with Crippen molar-refractivity contribution in [3.05, 3.63) is 54.5 Å². The maximum absolute atomic E-state index is 5.66. The Bertz CT molecular complexity index is 658. The highest BCUT2D eigenvalue weighted by Crippen LogP contribution is 2.20. The fraction of sp³-hybridized carbons (Fsp3) is 0.143. The molecule has 3 rings (SSSR count). The van der Waals surface area contributed by atoms with Gasteiger partial charge in [0.05, 0.1) is 11.0 Å². The lowest BCUT2D eigenvalue weighted by molar-refractivity contribution is 0.835. The molecule has 3 aromatic rings. The number of fused-ring (bicyclic) bond motifs is 1. The summed E-state index contributed by atoms with van der Waals surface area (Å²) in [7, 11) is 0. The molecule has 0 radical (unpaired) electrons. The van der Waals surface area contributed by atoms with E-state index in [0.29, 0.717) is 6.54 Å². The molecular formula is C14H14N4. The molecule has 0 amide bonds. The standard InChI is InChI=1S/C14H14N4/c15-9-8-14-17-11-5-1-2-6-12(11)18(14)13-7-3-4-10-16-13/h1-7,10H,8-9,15H2. The molecule has 0 aliphatic carbocycles. The number of nitrogens with zero attached hydrogens (tertiary/aromatic N) is 3. The smallest absolute Gasteiger partial charge is 0.138 e. The van der Waals surface area contributed by atoms with E-state index in [0.717, 1.165) is 29.1 Å². The zero-order chi connectivity index (χ0) is 12.4. The Labute approximate surface area is 105 Å². The van der Waals surface area contributed by atoms with Crippen molar-refractivity contribution in [3.63, 3.8) is 0 Å². The van der Waals surface area contributed by atoms with Gasteiger partial charge in [0.25, 0.3) is 0 Å². The molecule has 0 unspecified atom stereocenters. The Morgan fingerprint density at radius 2 is 1.89 bits per heavy atom. The second-order valence-electron chi connectivity index (χ2n) is 4.08. The van der Waals surface area contributed by atoms with Gasteiger partial charge in [0.2, 0.25) is 0 Å². The molecule has 0 atom stereocenters. The Morgan fingerprint density at radius 3 is 2.67 bits per heavy atom. The SMILES string of the molecule is NCCc1nc2ccccc2n1-c1ccccn1. The summed E-state index contributed by atoms with van der Waals surface area (Å²) in [5.41, 5.74) is 7.70. The van der Waals surface area contributed by atoms with Crippen LogP contribution in [0, 0.1) is 0 Å². The first kappa shape index (κ1) is 10.9. The largest absolute Gasteiger partial charge is 0.330 e. The third-order valence-electron chi connectivity index (χ3n) is 2.88. The van der Waals surface area contributed by atoms with Crippen molar-refractivity contribution in [2.45, 2.75) is 6.42 Å². The Morgan fingerprint density at radius 1 is 1.06 bits per heavy atom. The molecule has 2 aromatic heterocycles. The van der Waals surface area contributed by atoms with Crippen molar-refractivity contribution in [1.29, 1.82) is 0 Å². The quantitative estimate of drug-likeness (QED) is 0.758. The maximum Gasteiger partial charge on any atom is 0.138 e. The zero-order valence-corrected chi connectivity index (χ0v) is 9.95. The van der Waals surface area contributed by atoms with E-state index in [1.165, 1.54) is 0 Å². The number of imidazole rings is 1. The van der Waals surface area contributed by atoms with E-state index in [4.69, 9.17) is 5.73 Å². The van der Waals surface area contributed by atoms with Crippen LogP contribution in [0.25, 0.3) is 16.9 Å². The predicted molar refractivity (Wildman–Crippen MR) is 71.6 cm³/mol.